The summed E-state index contributed by atoms with van der Waals surface area (Å²) in [6.07, 6.45) is -4.11. The third kappa shape index (κ3) is 5.31. The summed E-state index contributed by atoms with van der Waals surface area (Å²) in [6.45, 7) is 1.30. The predicted molar refractivity (Wildman–Crippen MR) is 72.8 cm³/mol. The zero-order valence-corrected chi connectivity index (χ0v) is 13.3. The molecule has 0 fully saturated rings. The van der Waals surface area contributed by atoms with Crippen LogP contribution >= 0.6 is 27.5 Å². The average molecular weight is 391 g/mol. The van der Waals surface area contributed by atoms with Gasteiger partial charge >= 0.3 is 6.18 Å². The first-order valence-corrected chi connectivity index (χ1v) is 7.05. The van der Waals surface area contributed by atoms with Gasteiger partial charge in [-0.25, -0.2) is 0 Å². The highest BCUT2D eigenvalue weighted by Crippen LogP contribution is 2.35. The number of carbonyl (C=O) groups is 2. The molecule has 0 aromatic carbocycles. The molecule has 0 unspecified atom stereocenters. The fraction of sp³-hybridized carbons (Fsp3) is 0.545. The molecule has 118 valence electrons. The molecular weight excluding hydrogens is 378 g/mol. The number of nitrogens with one attached hydrogen (secondary N) is 1. The normalized spacial score (nSPS) is 11.5. The van der Waals surface area contributed by atoms with Crippen LogP contribution in [0.3, 0.4) is 0 Å². The molecule has 1 aromatic rings. The van der Waals surface area contributed by atoms with Crippen LogP contribution in [0.25, 0.3) is 0 Å². The van der Waals surface area contributed by atoms with Crippen molar-refractivity contribution in [3.8, 4) is 0 Å². The maximum atomic E-state index is 12.7. The first kappa shape index (κ1) is 18.0. The molecule has 0 saturated carbocycles. The lowest BCUT2D eigenvalue weighted by Crippen LogP contribution is -2.29. The Balaban J connectivity index is 2.63. The van der Waals surface area contributed by atoms with E-state index in [0.29, 0.717) is 6.42 Å². The van der Waals surface area contributed by atoms with Crippen LogP contribution < -0.4 is 5.32 Å². The molecule has 1 rings (SSSR count). The maximum absolute atomic E-state index is 12.7. The predicted octanol–water partition coefficient (Wildman–Crippen LogP) is 2.63. The molecule has 0 atom stereocenters. The van der Waals surface area contributed by atoms with E-state index < -0.39 is 23.0 Å². The molecule has 5 nitrogen and oxygen atoms in total. The second-order valence-corrected chi connectivity index (χ2v) is 5.43. The van der Waals surface area contributed by atoms with Gasteiger partial charge in [-0.1, -0.05) is 0 Å². The van der Waals surface area contributed by atoms with Gasteiger partial charge in [0.25, 0.3) is 0 Å². The Kier molecular flexibility index (Phi) is 6.21. The largest absolute Gasteiger partial charge is 0.436 e. The molecule has 0 spiro atoms. The van der Waals surface area contributed by atoms with Crippen LogP contribution in [0.4, 0.5) is 13.2 Å². The summed E-state index contributed by atoms with van der Waals surface area (Å²) in [4.78, 5) is 22.1. The molecule has 10 heteroatoms. The minimum absolute atomic E-state index is 0.117. The number of rotatable bonds is 6. The van der Waals surface area contributed by atoms with E-state index in [4.69, 9.17) is 11.6 Å². The summed E-state index contributed by atoms with van der Waals surface area (Å²) in [7, 11) is 0. The van der Waals surface area contributed by atoms with Crippen LogP contribution in [0, 0.1) is 6.92 Å². The quantitative estimate of drug-likeness (QED) is 0.600. The van der Waals surface area contributed by atoms with Gasteiger partial charge in [0.1, 0.15) is 6.54 Å². The van der Waals surface area contributed by atoms with Crippen LogP contribution in [0.5, 0.6) is 0 Å². The van der Waals surface area contributed by atoms with E-state index in [0.717, 1.165) is 4.68 Å². The topological polar surface area (TPSA) is 64.0 Å². The van der Waals surface area contributed by atoms with Gasteiger partial charge in [-0.2, -0.15) is 18.3 Å². The van der Waals surface area contributed by atoms with E-state index >= 15 is 0 Å². The molecular formula is C11H12BrClF3N3O2. The summed E-state index contributed by atoms with van der Waals surface area (Å²) >= 11 is 7.95. The third-order valence-corrected chi connectivity index (χ3v) is 3.71. The lowest BCUT2D eigenvalue weighted by molar-refractivity contribution is -0.142. The number of halogens is 5. The molecule has 0 radical (unpaired) electrons. The van der Waals surface area contributed by atoms with Gasteiger partial charge in [-0.3, -0.25) is 14.3 Å². The lowest BCUT2D eigenvalue weighted by Gasteiger charge is -2.06. The number of amides is 1. The van der Waals surface area contributed by atoms with Crippen LogP contribution in [0.1, 0.15) is 24.2 Å². The van der Waals surface area contributed by atoms with Crippen molar-refractivity contribution in [1.82, 2.24) is 15.1 Å². The van der Waals surface area contributed by atoms with E-state index in [-0.39, 0.29) is 29.7 Å². The Labute approximate surface area is 131 Å². The summed E-state index contributed by atoms with van der Waals surface area (Å²) in [5.41, 5.74) is -0.867. The molecule has 0 aliphatic heterocycles. The molecule has 1 heterocycles. The zero-order chi connectivity index (χ0) is 16.2. The van der Waals surface area contributed by atoms with Gasteiger partial charge in [0, 0.05) is 13.0 Å². The van der Waals surface area contributed by atoms with Crippen LogP contribution in [0.2, 0.25) is 0 Å². The van der Waals surface area contributed by atoms with E-state index in [1.165, 1.54) is 6.92 Å². The summed E-state index contributed by atoms with van der Waals surface area (Å²) in [5.74, 6) is -0.496. The lowest BCUT2D eigenvalue weighted by atomic mass is 10.3. The molecule has 0 saturated heterocycles. The van der Waals surface area contributed by atoms with Gasteiger partial charge < -0.3 is 5.32 Å². The fourth-order valence-electron chi connectivity index (χ4n) is 1.51. The van der Waals surface area contributed by atoms with Gasteiger partial charge in [-0.15, -0.1) is 0 Å². The molecule has 0 aliphatic rings. The Hall–Kier alpha value is -1.09. The van der Waals surface area contributed by atoms with E-state index in [1.54, 1.807) is 0 Å². The molecule has 1 N–H and O–H groups in total. The first-order valence-electron chi connectivity index (χ1n) is 5.88. The highest BCUT2D eigenvalue weighted by molar-refractivity contribution is 9.10. The number of carbonyl (C=O) groups excluding carboxylic acids is 2. The summed E-state index contributed by atoms with van der Waals surface area (Å²) in [5, 5.41) is 5.35. The third-order valence-electron chi connectivity index (χ3n) is 2.57. The first-order chi connectivity index (χ1) is 9.62. The molecule has 21 heavy (non-hydrogen) atoms. The average Bonchev–Trinajstić information content (AvgIpc) is 2.62. The highest BCUT2D eigenvalue weighted by Gasteiger charge is 2.38. The van der Waals surface area contributed by atoms with Gasteiger partial charge in [0.05, 0.1) is 10.2 Å². The smallest absolute Gasteiger partial charge is 0.354 e. The van der Waals surface area contributed by atoms with Gasteiger partial charge in [-0.05, 0) is 40.9 Å². The standard InChI is InChI=1S/C11H12BrClF3N3O2/c1-6-9(12)10(11(14,15)16)18-19(6)5-8(21)17-4-2-3-7(13)20/h2-5H2,1H3,(H,17,21). The molecule has 0 bridgehead atoms. The van der Waals surface area contributed by atoms with Crippen LogP contribution in [0.15, 0.2) is 4.47 Å². The Morgan fingerprint density at radius 3 is 2.52 bits per heavy atom. The minimum atomic E-state index is -4.59. The van der Waals surface area contributed by atoms with E-state index in [9.17, 15) is 22.8 Å². The molecule has 0 aliphatic carbocycles. The SMILES string of the molecule is Cc1c(Br)c(C(F)(F)F)nn1CC(=O)NCCCC(=O)Cl. The highest BCUT2D eigenvalue weighted by atomic mass is 79.9. The Morgan fingerprint density at radius 1 is 1.43 bits per heavy atom. The molecule has 1 amide bonds. The van der Waals surface area contributed by atoms with Crippen molar-refractivity contribution in [2.45, 2.75) is 32.5 Å². The number of alkyl halides is 3. The summed E-state index contributed by atoms with van der Waals surface area (Å²) in [6, 6.07) is 0. The van der Waals surface area contributed by atoms with E-state index in [1.807, 2.05) is 0 Å². The van der Waals surface area contributed by atoms with Crippen LogP contribution in [-0.2, 0) is 22.3 Å². The number of aromatic nitrogens is 2. The summed E-state index contributed by atoms with van der Waals surface area (Å²) < 4.78 is 38.7. The number of hydrogen-bond donors (Lipinski definition) is 1. The second-order valence-electron chi connectivity index (χ2n) is 4.21. The van der Waals surface area contributed by atoms with Crippen molar-refractivity contribution in [2.24, 2.45) is 0 Å². The van der Waals surface area contributed by atoms with E-state index in [2.05, 4.69) is 26.3 Å². The van der Waals surface area contributed by atoms with Crippen molar-refractivity contribution in [2.75, 3.05) is 6.54 Å². The zero-order valence-electron chi connectivity index (χ0n) is 10.9. The fourth-order valence-corrected chi connectivity index (χ4v) is 2.15. The van der Waals surface area contributed by atoms with Crippen molar-refractivity contribution in [1.29, 1.82) is 0 Å². The van der Waals surface area contributed by atoms with Gasteiger partial charge in [0.2, 0.25) is 11.1 Å². The maximum Gasteiger partial charge on any atom is 0.436 e. The van der Waals surface area contributed by atoms with Crippen molar-refractivity contribution in [3.63, 3.8) is 0 Å². The Bertz CT molecular complexity index is 546. The van der Waals surface area contributed by atoms with Crippen molar-refractivity contribution < 1.29 is 22.8 Å². The van der Waals surface area contributed by atoms with Crippen LogP contribution in [-0.4, -0.2) is 27.5 Å². The number of hydrogen-bond acceptors (Lipinski definition) is 3. The van der Waals surface area contributed by atoms with Crippen molar-refractivity contribution >= 4 is 38.7 Å². The number of nitrogens with zero attached hydrogens (tertiary/aromatic N) is 2. The second kappa shape index (κ2) is 7.26. The Morgan fingerprint density at radius 2 is 2.05 bits per heavy atom. The van der Waals surface area contributed by atoms with Gasteiger partial charge in [0.15, 0.2) is 5.69 Å². The minimum Gasteiger partial charge on any atom is -0.354 e. The monoisotopic (exact) mass is 389 g/mol. The molecule has 1 aromatic heterocycles. The van der Waals surface area contributed by atoms with Crippen molar-refractivity contribution in [3.05, 3.63) is 15.9 Å².